The molecule has 0 saturated heterocycles. The summed E-state index contributed by atoms with van der Waals surface area (Å²) < 4.78 is 5.01. The largest absolute Gasteiger partial charge is 0.337 e. The lowest BCUT2D eigenvalue weighted by Crippen LogP contribution is -2.04. The summed E-state index contributed by atoms with van der Waals surface area (Å²) in [5.74, 6) is 0.993. The van der Waals surface area contributed by atoms with Crippen molar-refractivity contribution in [2.24, 2.45) is 5.73 Å². The van der Waals surface area contributed by atoms with Gasteiger partial charge in [0.05, 0.1) is 6.04 Å². The Labute approximate surface area is 87.3 Å². The molecule has 0 aliphatic heterocycles. The van der Waals surface area contributed by atoms with Crippen LogP contribution in [-0.4, -0.2) is 15.1 Å². The highest BCUT2D eigenvalue weighted by Crippen LogP contribution is 2.17. The summed E-state index contributed by atoms with van der Waals surface area (Å²) in [6.45, 7) is 3.71. The first-order valence-electron chi connectivity index (χ1n) is 4.69. The number of aromatic nitrogens is 3. The molecular weight excluding hydrogens is 192 g/mol. The molecule has 0 aromatic carbocycles. The van der Waals surface area contributed by atoms with Crippen molar-refractivity contribution < 1.29 is 4.52 Å². The first-order valence-corrected chi connectivity index (χ1v) is 4.69. The average Bonchev–Trinajstić information content (AvgIpc) is 2.66. The molecule has 2 aromatic heterocycles. The molecule has 1 atom stereocenters. The van der Waals surface area contributed by atoms with E-state index in [0.29, 0.717) is 11.7 Å². The molecule has 15 heavy (non-hydrogen) atoms. The first-order chi connectivity index (χ1) is 7.16. The Kier molecular flexibility index (Phi) is 2.47. The van der Waals surface area contributed by atoms with Crippen LogP contribution in [0.4, 0.5) is 0 Å². The Morgan fingerprint density at radius 2 is 2.27 bits per heavy atom. The van der Waals surface area contributed by atoms with Gasteiger partial charge in [0, 0.05) is 17.5 Å². The number of hydrogen-bond donors (Lipinski definition) is 1. The van der Waals surface area contributed by atoms with E-state index in [0.717, 1.165) is 11.3 Å². The van der Waals surface area contributed by atoms with Gasteiger partial charge in [-0.2, -0.15) is 4.98 Å². The average molecular weight is 204 g/mol. The van der Waals surface area contributed by atoms with E-state index in [1.807, 2.05) is 19.1 Å². The van der Waals surface area contributed by atoms with Crippen molar-refractivity contribution in [3.05, 3.63) is 29.9 Å². The predicted octanol–water partition coefficient (Wildman–Crippen LogP) is 1.46. The minimum atomic E-state index is -0.241. The third-order valence-electron chi connectivity index (χ3n) is 1.99. The number of nitrogens with zero attached hydrogens (tertiary/aromatic N) is 3. The number of rotatable bonds is 2. The van der Waals surface area contributed by atoms with Crippen LogP contribution in [0.5, 0.6) is 0 Å². The normalized spacial score (nSPS) is 12.7. The Hall–Kier alpha value is -1.75. The number of pyridine rings is 1. The lowest BCUT2D eigenvalue weighted by atomic mass is 10.2. The van der Waals surface area contributed by atoms with Gasteiger partial charge in [-0.25, -0.2) is 0 Å². The highest BCUT2D eigenvalue weighted by Gasteiger charge is 2.11. The van der Waals surface area contributed by atoms with Gasteiger partial charge in [0.1, 0.15) is 0 Å². The SMILES string of the molecule is Cc1cc(-c2noc(C(C)N)n2)ccn1. The third kappa shape index (κ3) is 2.02. The van der Waals surface area contributed by atoms with Crippen LogP contribution in [0.25, 0.3) is 11.4 Å². The number of aryl methyl sites for hydroxylation is 1. The molecule has 0 radical (unpaired) electrons. The van der Waals surface area contributed by atoms with Crippen molar-refractivity contribution in [3.63, 3.8) is 0 Å². The molecule has 0 spiro atoms. The van der Waals surface area contributed by atoms with Gasteiger partial charge in [-0.3, -0.25) is 4.98 Å². The van der Waals surface area contributed by atoms with Crippen molar-refractivity contribution in [1.29, 1.82) is 0 Å². The molecular formula is C10H12N4O. The van der Waals surface area contributed by atoms with Crippen molar-refractivity contribution in [1.82, 2.24) is 15.1 Å². The minimum Gasteiger partial charge on any atom is -0.337 e. The van der Waals surface area contributed by atoms with E-state index in [-0.39, 0.29) is 6.04 Å². The smallest absolute Gasteiger partial charge is 0.243 e. The van der Waals surface area contributed by atoms with E-state index in [1.165, 1.54) is 0 Å². The summed E-state index contributed by atoms with van der Waals surface area (Å²) in [5, 5.41) is 3.85. The first kappa shape index (κ1) is 9.79. The molecule has 0 fully saturated rings. The van der Waals surface area contributed by atoms with Crippen LogP contribution in [-0.2, 0) is 0 Å². The zero-order valence-electron chi connectivity index (χ0n) is 8.64. The fourth-order valence-electron chi connectivity index (χ4n) is 1.22. The molecule has 0 bridgehead atoms. The Morgan fingerprint density at radius 1 is 1.47 bits per heavy atom. The van der Waals surface area contributed by atoms with Gasteiger partial charge in [-0.05, 0) is 26.0 Å². The Bertz CT molecular complexity index is 464. The summed E-state index contributed by atoms with van der Waals surface area (Å²) in [4.78, 5) is 8.29. The molecule has 2 aromatic rings. The Morgan fingerprint density at radius 3 is 2.87 bits per heavy atom. The van der Waals surface area contributed by atoms with Crippen LogP contribution in [0.1, 0.15) is 24.6 Å². The summed E-state index contributed by atoms with van der Waals surface area (Å²) in [6, 6.07) is 3.49. The van der Waals surface area contributed by atoms with Crippen LogP contribution in [0.3, 0.4) is 0 Å². The predicted molar refractivity (Wildman–Crippen MR) is 54.9 cm³/mol. The molecule has 0 aliphatic carbocycles. The van der Waals surface area contributed by atoms with Gasteiger partial charge in [-0.15, -0.1) is 0 Å². The summed E-state index contributed by atoms with van der Waals surface area (Å²) in [7, 11) is 0. The molecule has 5 nitrogen and oxygen atoms in total. The van der Waals surface area contributed by atoms with Crippen molar-refractivity contribution in [2.45, 2.75) is 19.9 Å². The molecule has 0 aliphatic rings. The molecule has 0 saturated carbocycles. The maximum atomic E-state index is 5.63. The molecule has 1 unspecified atom stereocenters. The second-order valence-corrected chi connectivity index (χ2v) is 3.43. The van der Waals surface area contributed by atoms with Gasteiger partial charge in [0.15, 0.2) is 0 Å². The molecule has 2 rings (SSSR count). The fraction of sp³-hybridized carbons (Fsp3) is 0.300. The topological polar surface area (TPSA) is 77.8 Å². The zero-order valence-corrected chi connectivity index (χ0v) is 8.64. The van der Waals surface area contributed by atoms with E-state index in [9.17, 15) is 0 Å². The molecule has 0 amide bonds. The third-order valence-corrected chi connectivity index (χ3v) is 1.99. The maximum absolute atomic E-state index is 5.63. The number of nitrogens with two attached hydrogens (primary N) is 1. The zero-order chi connectivity index (χ0) is 10.8. The van der Waals surface area contributed by atoms with Crippen LogP contribution >= 0.6 is 0 Å². The quantitative estimate of drug-likeness (QED) is 0.801. The van der Waals surface area contributed by atoms with Crippen molar-refractivity contribution in [2.75, 3.05) is 0 Å². The molecule has 2 heterocycles. The number of hydrogen-bond acceptors (Lipinski definition) is 5. The van der Waals surface area contributed by atoms with E-state index in [2.05, 4.69) is 15.1 Å². The van der Waals surface area contributed by atoms with E-state index >= 15 is 0 Å². The van der Waals surface area contributed by atoms with Gasteiger partial charge >= 0.3 is 0 Å². The van der Waals surface area contributed by atoms with Gasteiger partial charge in [-0.1, -0.05) is 5.16 Å². The van der Waals surface area contributed by atoms with E-state index < -0.39 is 0 Å². The highest BCUT2D eigenvalue weighted by molar-refractivity contribution is 5.53. The van der Waals surface area contributed by atoms with Crippen molar-refractivity contribution in [3.8, 4) is 11.4 Å². The molecule has 5 heteroatoms. The minimum absolute atomic E-state index is 0.241. The fourth-order valence-corrected chi connectivity index (χ4v) is 1.22. The standard InChI is InChI=1S/C10H12N4O/c1-6-5-8(3-4-12-6)9-13-10(7(2)11)15-14-9/h3-5,7H,11H2,1-2H3. The van der Waals surface area contributed by atoms with Crippen LogP contribution in [0, 0.1) is 6.92 Å². The van der Waals surface area contributed by atoms with Crippen LogP contribution in [0.15, 0.2) is 22.9 Å². The summed E-state index contributed by atoms with van der Waals surface area (Å²) in [5.41, 5.74) is 7.43. The monoisotopic (exact) mass is 204 g/mol. The highest BCUT2D eigenvalue weighted by atomic mass is 16.5. The van der Waals surface area contributed by atoms with E-state index in [4.69, 9.17) is 10.3 Å². The second kappa shape index (κ2) is 3.78. The lowest BCUT2D eigenvalue weighted by Gasteiger charge is -1.95. The Balaban J connectivity index is 2.37. The maximum Gasteiger partial charge on any atom is 0.243 e. The van der Waals surface area contributed by atoms with E-state index in [1.54, 1.807) is 13.1 Å². The molecule has 78 valence electrons. The molecule has 2 N–H and O–H groups in total. The lowest BCUT2D eigenvalue weighted by molar-refractivity contribution is 0.362. The van der Waals surface area contributed by atoms with Gasteiger partial charge in [0.2, 0.25) is 11.7 Å². The van der Waals surface area contributed by atoms with Crippen molar-refractivity contribution >= 4 is 0 Å². The second-order valence-electron chi connectivity index (χ2n) is 3.43. The summed E-state index contributed by atoms with van der Waals surface area (Å²) >= 11 is 0. The summed E-state index contributed by atoms with van der Waals surface area (Å²) in [6.07, 6.45) is 1.71. The van der Waals surface area contributed by atoms with Gasteiger partial charge < -0.3 is 10.3 Å². The van der Waals surface area contributed by atoms with Gasteiger partial charge in [0.25, 0.3) is 0 Å². The van der Waals surface area contributed by atoms with Crippen LogP contribution < -0.4 is 5.73 Å². The van der Waals surface area contributed by atoms with Crippen LogP contribution in [0.2, 0.25) is 0 Å².